The van der Waals surface area contributed by atoms with E-state index in [1.165, 1.54) is 5.56 Å². The predicted molar refractivity (Wildman–Crippen MR) is 92.3 cm³/mol. The fourth-order valence-corrected chi connectivity index (χ4v) is 3.42. The molecule has 1 aromatic rings. The lowest BCUT2D eigenvalue weighted by Gasteiger charge is -2.33. The van der Waals surface area contributed by atoms with Gasteiger partial charge < -0.3 is 10.6 Å². The summed E-state index contributed by atoms with van der Waals surface area (Å²) in [6.07, 6.45) is 3.88. The van der Waals surface area contributed by atoms with Gasteiger partial charge in [-0.05, 0) is 56.5 Å². The van der Waals surface area contributed by atoms with Crippen LogP contribution in [-0.2, 0) is 10.2 Å². The second-order valence-corrected chi connectivity index (χ2v) is 6.67. The molecule has 0 atom stereocenters. The van der Waals surface area contributed by atoms with Crippen molar-refractivity contribution in [3.8, 4) is 0 Å². The van der Waals surface area contributed by atoms with E-state index in [9.17, 15) is 4.79 Å². The molecule has 0 aromatic heterocycles. The van der Waals surface area contributed by atoms with E-state index in [-0.39, 0.29) is 17.2 Å². The molecule has 0 aliphatic carbocycles. The highest BCUT2D eigenvalue weighted by Gasteiger charge is 2.30. The van der Waals surface area contributed by atoms with Crippen LogP contribution in [0.4, 0.5) is 0 Å². The first kappa shape index (κ1) is 17.3. The van der Waals surface area contributed by atoms with Gasteiger partial charge in [0.05, 0.1) is 0 Å². The van der Waals surface area contributed by atoms with Crippen LogP contribution in [-0.4, -0.2) is 25.5 Å². The average Bonchev–Trinajstić information content (AvgIpc) is 2.58. The molecular formula is C18H27ClN2O. The molecule has 2 N–H and O–H groups in total. The maximum atomic E-state index is 12.4. The Morgan fingerprint density at radius 2 is 1.82 bits per heavy atom. The van der Waals surface area contributed by atoms with Gasteiger partial charge in [-0.2, -0.15) is 0 Å². The first-order chi connectivity index (χ1) is 10.6. The highest BCUT2D eigenvalue weighted by molar-refractivity contribution is 6.30. The Morgan fingerprint density at radius 1 is 1.23 bits per heavy atom. The molecule has 3 nitrogen and oxygen atoms in total. The fraction of sp³-hybridized carbons (Fsp3) is 0.611. The summed E-state index contributed by atoms with van der Waals surface area (Å²) in [5, 5.41) is 7.26. The van der Waals surface area contributed by atoms with Crippen molar-refractivity contribution >= 4 is 17.5 Å². The summed E-state index contributed by atoms with van der Waals surface area (Å²) < 4.78 is 0. The number of halogens is 1. The van der Waals surface area contributed by atoms with Gasteiger partial charge in [-0.15, -0.1) is 0 Å². The number of hydrogen-bond donors (Lipinski definition) is 2. The zero-order chi connectivity index (χ0) is 16.0. The standard InChI is InChI=1S/C18H27ClN2O/c1-3-18(4-2,15-5-7-16(19)8-6-15)13-21-17(22)14-9-11-20-12-10-14/h5-8,14,20H,3-4,9-13H2,1-2H3,(H,21,22). The molecule has 1 amide bonds. The van der Waals surface area contributed by atoms with Crippen LogP contribution in [0.3, 0.4) is 0 Å². The average molecular weight is 323 g/mol. The van der Waals surface area contributed by atoms with Gasteiger partial charge >= 0.3 is 0 Å². The molecule has 0 radical (unpaired) electrons. The van der Waals surface area contributed by atoms with Crippen molar-refractivity contribution in [1.29, 1.82) is 0 Å². The van der Waals surface area contributed by atoms with Crippen LogP contribution >= 0.6 is 11.6 Å². The second-order valence-electron chi connectivity index (χ2n) is 6.24. The molecule has 1 saturated heterocycles. The van der Waals surface area contributed by atoms with Crippen molar-refractivity contribution in [2.75, 3.05) is 19.6 Å². The summed E-state index contributed by atoms with van der Waals surface area (Å²) in [6.45, 7) is 6.97. The Morgan fingerprint density at radius 3 is 2.36 bits per heavy atom. The predicted octanol–water partition coefficient (Wildman–Crippen LogP) is 3.51. The molecule has 4 heteroatoms. The van der Waals surface area contributed by atoms with Crippen LogP contribution in [0.1, 0.15) is 45.1 Å². The highest BCUT2D eigenvalue weighted by Crippen LogP contribution is 2.32. The summed E-state index contributed by atoms with van der Waals surface area (Å²) in [5.41, 5.74) is 1.25. The lowest BCUT2D eigenvalue weighted by molar-refractivity contribution is -0.126. The number of piperidine rings is 1. The Balaban J connectivity index is 2.04. The van der Waals surface area contributed by atoms with E-state index in [2.05, 4.69) is 36.6 Å². The molecule has 1 aromatic carbocycles. The first-order valence-corrected chi connectivity index (χ1v) is 8.73. The van der Waals surface area contributed by atoms with E-state index < -0.39 is 0 Å². The third-order valence-corrected chi connectivity index (χ3v) is 5.37. The van der Waals surface area contributed by atoms with Crippen LogP contribution in [0, 0.1) is 5.92 Å². The van der Waals surface area contributed by atoms with Gasteiger partial charge in [0.1, 0.15) is 0 Å². The van der Waals surface area contributed by atoms with Crippen LogP contribution < -0.4 is 10.6 Å². The van der Waals surface area contributed by atoms with Crippen LogP contribution in [0.25, 0.3) is 0 Å². The van der Waals surface area contributed by atoms with Gasteiger partial charge in [-0.1, -0.05) is 37.6 Å². The van der Waals surface area contributed by atoms with Gasteiger partial charge in [0.25, 0.3) is 0 Å². The van der Waals surface area contributed by atoms with Crippen molar-refractivity contribution < 1.29 is 4.79 Å². The van der Waals surface area contributed by atoms with E-state index in [1.54, 1.807) is 0 Å². The maximum Gasteiger partial charge on any atom is 0.223 e. The maximum absolute atomic E-state index is 12.4. The van der Waals surface area contributed by atoms with Crippen molar-refractivity contribution in [2.45, 2.75) is 44.9 Å². The summed E-state index contributed by atoms with van der Waals surface area (Å²) >= 11 is 6.00. The normalized spacial score (nSPS) is 16.5. The summed E-state index contributed by atoms with van der Waals surface area (Å²) in [4.78, 5) is 12.4. The van der Waals surface area contributed by atoms with Crippen LogP contribution in [0.2, 0.25) is 5.02 Å². The lowest BCUT2D eigenvalue weighted by Crippen LogP contribution is -2.44. The highest BCUT2D eigenvalue weighted by atomic mass is 35.5. The lowest BCUT2D eigenvalue weighted by atomic mass is 9.75. The van der Waals surface area contributed by atoms with E-state index in [0.29, 0.717) is 6.54 Å². The number of hydrogen-bond acceptors (Lipinski definition) is 2. The number of carbonyl (C=O) groups is 1. The van der Waals surface area contributed by atoms with Gasteiger partial charge in [-0.3, -0.25) is 4.79 Å². The van der Waals surface area contributed by atoms with Crippen LogP contribution in [0.15, 0.2) is 24.3 Å². The number of nitrogens with one attached hydrogen (secondary N) is 2. The van der Waals surface area contributed by atoms with E-state index in [4.69, 9.17) is 11.6 Å². The third-order valence-electron chi connectivity index (χ3n) is 5.12. The smallest absolute Gasteiger partial charge is 0.223 e. The Hall–Kier alpha value is -1.06. The van der Waals surface area contributed by atoms with Crippen molar-refractivity contribution in [3.63, 3.8) is 0 Å². The molecule has 1 heterocycles. The molecule has 1 fully saturated rings. The summed E-state index contributed by atoms with van der Waals surface area (Å²) in [5.74, 6) is 0.375. The van der Waals surface area contributed by atoms with Gasteiger partial charge in [0.15, 0.2) is 0 Å². The number of benzene rings is 1. The molecule has 122 valence electrons. The molecule has 1 aliphatic rings. The first-order valence-electron chi connectivity index (χ1n) is 8.36. The Labute approximate surface area is 138 Å². The van der Waals surface area contributed by atoms with Crippen molar-refractivity contribution in [1.82, 2.24) is 10.6 Å². The SMILES string of the molecule is CCC(CC)(CNC(=O)C1CCNCC1)c1ccc(Cl)cc1. The van der Waals surface area contributed by atoms with Crippen molar-refractivity contribution in [3.05, 3.63) is 34.9 Å². The quantitative estimate of drug-likeness (QED) is 0.841. The molecular weight excluding hydrogens is 296 g/mol. The van der Waals surface area contributed by atoms with Gasteiger partial charge in [-0.25, -0.2) is 0 Å². The molecule has 22 heavy (non-hydrogen) atoms. The minimum absolute atomic E-state index is 0.00678. The molecule has 0 bridgehead atoms. The topological polar surface area (TPSA) is 41.1 Å². The second kappa shape index (κ2) is 7.98. The van der Waals surface area contributed by atoms with Gasteiger partial charge in [0.2, 0.25) is 5.91 Å². The molecule has 1 aliphatic heterocycles. The molecule has 0 spiro atoms. The summed E-state index contributed by atoms with van der Waals surface area (Å²) in [6, 6.07) is 8.05. The molecule has 2 rings (SSSR count). The van der Waals surface area contributed by atoms with Crippen molar-refractivity contribution in [2.24, 2.45) is 5.92 Å². The Bertz CT molecular complexity index is 476. The minimum Gasteiger partial charge on any atom is -0.355 e. The minimum atomic E-state index is -0.00678. The van der Waals surface area contributed by atoms with E-state index in [1.807, 2.05) is 12.1 Å². The van der Waals surface area contributed by atoms with Gasteiger partial charge in [0, 0.05) is 22.9 Å². The number of carbonyl (C=O) groups excluding carboxylic acids is 1. The summed E-state index contributed by atoms with van der Waals surface area (Å²) in [7, 11) is 0. The van der Waals surface area contributed by atoms with Crippen LogP contribution in [0.5, 0.6) is 0 Å². The monoisotopic (exact) mass is 322 g/mol. The fourth-order valence-electron chi connectivity index (χ4n) is 3.30. The number of amides is 1. The third kappa shape index (κ3) is 4.02. The van der Waals surface area contributed by atoms with E-state index in [0.717, 1.165) is 43.8 Å². The largest absolute Gasteiger partial charge is 0.355 e. The molecule has 0 saturated carbocycles. The van der Waals surface area contributed by atoms with E-state index >= 15 is 0 Å². The number of rotatable bonds is 6. The zero-order valence-electron chi connectivity index (χ0n) is 13.6. The molecule has 0 unspecified atom stereocenters. The Kier molecular flexibility index (Phi) is 6.27. The zero-order valence-corrected chi connectivity index (χ0v) is 14.4.